The summed E-state index contributed by atoms with van der Waals surface area (Å²) < 4.78 is 0. The molecule has 1 aromatic carbocycles. The number of para-hydroxylation sites is 1. The van der Waals surface area contributed by atoms with Crippen LogP contribution in [0.1, 0.15) is 18.4 Å². The van der Waals surface area contributed by atoms with Gasteiger partial charge in [-0.05, 0) is 51.0 Å². The fourth-order valence-corrected chi connectivity index (χ4v) is 3.27. The molecule has 104 valence electrons. The highest BCUT2D eigenvalue weighted by Crippen LogP contribution is 2.25. The molecule has 3 heteroatoms. The van der Waals surface area contributed by atoms with Gasteiger partial charge in [0.1, 0.15) is 0 Å². The number of hydrogen-bond donors (Lipinski definition) is 1. The van der Waals surface area contributed by atoms with E-state index in [2.05, 4.69) is 46.4 Å². The Morgan fingerprint density at radius 1 is 1.26 bits per heavy atom. The molecule has 1 fully saturated rings. The van der Waals surface area contributed by atoms with E-state index in [1.54, 1.807) is 0 Å². The number of nitrogens with zero attached hydrogens (tertiary/aromatic N) is 2. The van der Waals surface area contributed by atoms with Gasteiger partial charge in [-0.25, -0.2) is 0 Å². The molecule has 3 nitrogen and oxygen atoms in total. The van der Waals surface area contributed by atoms with Crippen LogP contribution in [0.4, 0.5) is 5.69 Å². The smallest absolute Gasteiger partial charge is 0.0429 e. The number of likely N-dealkylation sites (tertiary alicyclic amines) is 1. The number of hydrogen-bond acceptors (Lipinski definition) is 3. The fourth-order valence-electron chi connectivity index (χ4n) is 3.27. The molecule has 1 saturated heterocycles. The van der Waals surface area contributed by atoms with Crippen molar-refractivity contribution < 1.29 is 0 Å². The molecule has 19 heavy (non-hydrogen) atoms. The van der Waals surface area contributed by atoms with E-state index >= 15 is 0 Å². The molecule has 2 aliphatic rings. The maximum absolute atomic E-state index is 3.64. The summed E-state index contributed by atoms with van der Waals surface area (Å²) in [7, 11) is 2.25. The van der Waals surface area contributed by atoms with Gasteiger partial charge in [-0.15, -0.1) is 0 Å². The Kier molecular flexibility index (Phi) is 4.04. The number of rotatable bonds is 5. The molecule has 2 heterocycles. The predicted octanol–water partition coefficient (Wildman–Crippen LogP) is 2.05. The minimum absolute atomic E-state index is 0.584. The van der Waals surface area contributed by atoms with Crippen molar-refractivity contribution in [3.63, 3.8) is 0 Å². The monoisotopic (exact) mass is 259 g/mol. The van der Waals surface area contributed by atoms with Gasteiger partial charge in [0.25, 0.3) is 0 Å². The summed E-state index contributed by atoms with van der Waals surface area (Å²) in [5.74, 6) is 0. The first kappa shape index (κ1) is 12.9. The Morgan fingerprint density at radius 2 is 2.05 bits per heavy atom. The summed E-state index contributed by atoms with van der Waals surface area (Å²) in [6, 6.07) is 9.28. The van der Waals surface area contributed by atoms with Crippen molar-refractivity contribution in [2.45, 2.75) is 25.3 Å². The third kappa shape index (κ3) is 3.28. The van der Waals surface area contributed by atoms with E-state index in [1.165, 1.54) is 56.7 Å². The Labute approximate surface area is 116 Å². The number of nitrogens with one attached hydrogen (secondary N) is 1. The summed E-state index contributed by atoms with van der Waals surface area (Å²) in [6.07, 6.45) is 3.95. The molecule has 1 atom stereocenters. The summed E-state index contributed by atoms with van der Waals surface area (Å²) in [5.41, 5.74) is 2.81. The molecule has 0 bridgehead atoms. The van der Waals surface area contributed by atoms with E-state index in [0.29, 0.717) is 6.04 Å². The van der Waals surface area contributed by atoms with Gasteiger partial charge in [0.15, 0.2) is 0 Å². The van der Waals surface area contributed by atoms with E-state index < -0.39 is 0 Å². The number of fused-ring (bicyclic) bond motifs is 1. The Hall–Kier alpha value is -1.06. The van der Waals surface area contributed by atoms with Crippen LogP contribution < -0.4 is 5.32 Å². The highest BCUT2D eigenvalue weighted by atomic mass is 15.2. The Balaban J connectivity index is 1.42. The lowest BCUT2D eigenvalue weighted by molar-refractivity contribution is 0.251. The van der Waals surface area contributed by atoms with Gasteiger partial charge < -0.3 is 15.1 Å². The molecule has 0 radical (unpaired) electrons. The van der Waals surface area contributed by atoms with Crippen LogP contribution in [-0.2, 0) is 6.42 Å². The van der Waals surface area contributed by atoms with Crippen LogP contribution in [0, 0.1) is 0 Å². The zero-order valence-corrected chi connectivity index (χ0v) is 11.9. The molecule has 1 unspecified atom stereocenters. The Bertz CT molecular complexity index is 387. The first-order chi connectivity index (χ1) is 9.31. The number of anilines is 1. The molecular formula is C16H25N3. The molecule has 1 N–H and O–H groups in total. The maximum atomic E-state index is 3.64. The van der Waals surface area contributed by atoms with E-state index in [0.717, 1.165) is 6.54 Å². The maximum Gasteiger partial charge on any atom is 0.0429 e. The number of benzene rings is 1. The minimum atomic E-state index is 0.584. The summed E-state index contributed by atoms with van der Waals surface area (Å²) in [6.45, 7) is 6.18. The van der Waals surface area contributed by atoms with E-state index in [4.69, 9.17) is 0 Å². The first-order valence-electron chi connectivity index (χ1n) is 7.56. The molecular weight excluding hydrogens is 234 g/mol. The van der Waals surface area contributed by atoms with Gasteiger partial charge in [0, 0.05) is 31.4 Å². The fraction of sp³-hybridized carbons (Fsp3) is 0.625. The molecule has 0 spiro atoms. The van der Waals surface area contributed by atoms with Gasteiger partial charge >= 0.3 is 0 Å². The van der Waals surface area contributed by atoms with Crippen molar-refractivity contribution in [2.75, 3.05) is 45.1 Å². The average Bonchev–Trinajstić information content (AvgIpc) is 3.04. The van der Waals surface area contributed by atoms with Crippen LogP contribution in [0.2, 0.25) is 0 Å². The second kappa shape index (κ2) is 5.93. The standard InChI is InChI=1S/C16H25N3/c1-18(10-11-19-8-4-5-9-19)13-15-12-14-6-2-3-7-16(14)17-15/h2-3,6-7,15,17H,4-5,8-13H2,1H3. The molecule has 0 aliphatic carbocycles. The molecule has 1 aromatic rings. The van der Waals surface area contributed by atoms with E-state index in [1.807, 2.05) is 0 Å². The van der Waals surface area contributed by atoms with E-state index in [-0.39, 0.29) is 0 Å². The van der Waals surface area contributed by atoms with E-state index in [9.17, 15) is 0 Å². The third-order valence-electron chi connectivity index (χ3n) is 4.37. The molecule has 0 amide bonds. The predicted molar refractivity (Wildman–Crippen MR) is 80.7 cm³/mol. The highest BCUT2D eigenvalue weighted by Gasteiger charge is 2.21. The normalized spacial score (nSPS) is 22.7. The molecule has 0 aromatic heterocycles. The quantitative estimate of drug-likeness (QED) is 0.873. The molecule has 2 aliphatic heterocycles. The van der Waals surface area contributed by atoms with Gasteiger partial charge in [0.2, 0.25) is 0 Å². The lowest BCUT2D eigenvalue weighted by Crippen LogP contribution is -2.37. The van der Waals surface area contributed by atoms with Crippen LogP contribution in [-0.4, -0.2) is 55.6 Å². The third-order valence-corrected chi connectivity index (χ3v) is 4.37. The van der Waals surface area contributed by atoms with Crippen molar-refractivity contribution >= 4 is 5.69 Å². The minimum Gasteiger partial charge on any atom is -0.380 e. The van der Waals surface area contributed by atoms with Gasteiger partial charge in [-0.3, -0.25) is 0 Å². The highest BCUT2D eigenvalue weighted by molar-refractivity contribution is 5.56. The van der Waals surface area contributed by atoms with Crippen LogP contribution in [0.3, 0.4) is 0 Å². The summed E-state index contributed by atoms with van der Waals surface area (Å²) >= 11 is 0. The molecule has 0 saturated carbocycles. The SMILES string of the molecule is CN(CCN1CCCC1)CC1Cc2ccccc2N1. The van der Waals surface area contributed by atoms with Crippen molar-refractivity contribution in [3.8, 4) is 0 Å². The van der Waals surface area contributed by atoms with Gasteiger partial charge in [-0.1, -0.05) is 18.2 Å². The van der Waals surface area contributed by atoms with Crippen LogP contribution in [0.25, 0.3) is 0 Å². The zero-order valence-electron chi connectivity index (χ0n) is 11.9. The first-order valence-corrected chi connectivity index (χ1v) is 7.56. The number of likely N-dealkylation sites (N-methyl/N-ethyl adjacent to an activating group) is 1. The summed E-state index contributed by atoms with van der Waals surface area (Å²) in [5, 5.41) is 3.64. The van der Waals surface area contributed by atoms with Crippen LogP contribution >= 0.6 is 0 Å². The van der Waals surface area contributed by atoms with Crippen molar-refractivity contribution in [1.82, 2.24) is 9.80 Å². The second-order valence-corrected chi connectivity index (χ2v) is 6.01. The van der Waals surface area contributed by atoms with Gasteiger partial charge in [0.05, 0.1) is 0 Å². The van der Waals surface area contributed by atoms with Crippen molar-refractivity contribution in [3.05, 3.63) is 29.8 Å². The van der Waals surface area contributed by atoms with Crippen LogP contribution in [0.5, 0.6) is 0 Å². The molecule has 3 rings (SSSR count). The van der Waals surface area contributed by atoms with Crippen molar-refractivity contribution in [1.29, 1.82) is 0 Å². The average molecular weight is 259 g/mol. The lowest BCUT2D eigenvalue weighted by Gasteiger charge is -2.24. The van der Waals surface area contributed by atoms with Crippen LogP contribution in [0.15, 0.2) is 24.3 Å². The zero-order chi connectivity index (χ0) is 13.1. The Morgan fingerprint density at radius 3 is 2.84 bits per heavy atom. The topological polar surface area (TPSA) is 18.5 Å². The van der Waals surface area contributed by atoms with Gasteiger partial charge in [-0.2, -0.15) is 0 Å². The van der Waals surface area contributed by atoms with Crippen molar-refractivity contribution in [2.24, 2.45) is 0 Å². The lowest BCUT2D eigenvalue weighted by atomic mass is 10.1. The summed E-state index contributed by atoms with van der Waals surface area (Å²) in [4.78, 5) is 5.06. The largest absolute Gasteiger partial charge is 0.380 e. The second-order valence-electron chi connectivity index (χ2n) is 6.01.